The highest BCUT2D eigenvalue weighted by Gasteiger charge is 2.17. The Hall–Kier alpha value is -5.53. The summed E-state index contributed by atoms with van der Waals surface area (Å²) in [6, 6.07) is 43.7. The van der Waals surface area contributed by atoms with E-state index in [9.17, 15) is 5.26 Å². The first-order chi connectivity index (χ1) is 19.3. The van der Waals surface area contributed by atoms with Crippen molar-refractivity contribution in [2.45, 2.75) is 0 Å². The lowest BCUT2D eigenvalue weighted by Gasteiger charge is -2.12. The molecule has 3 heterocycles. The first-order valence-corrected chi connectivity index (χ1v) is 12.9. The molecule has 5 aromatic carbocycles. The van der Waals surface area contributed by atoms with Gasteiger partial charge in [0.05, 0.1) is 44.9 Å². The van der Waals surface area contributed by atoms with Gasteiger partial charge in [-0.05, 0) is 60.7 Å². The van der Waals surface area contributed by atoms with E-state index in [-0.39, 0.29) is 0 Å². The van der Waals surface area contributed by atoms with Gasteiger partial charge in [0.1, 0.15) is 0 Å². The minimum atomic E-state index is 0.643. The lowest BCUT2D eigenvalue weighted by Crippen LogP contribution is -1.94. The van der Waals surface area contributed by atoms with Gasteiger partial charge in [-0.25, -0.2) is 9.97 Å². The van der Waals surface area contributed by atoms with E-state index < -0.39 is 0 Å². The molecule has 0 radical (unpaired) electrons. The monoisotopic (exact) mass is 496 g/mol. The van der Waals surface area contributed by atoms with Crippen molar-refractivity contribution in [1.82, 2.24) is 14.5 Å². The van der Waals surface area contributed by atoms with Crippen molar-refractivity contribution in [1.29, 1.82) is 5.26 Å². The Balaban J connectivity index is 1.48. The molecule has 8 aromatic rings. The molecule has 0 aliphatic heterocycles. The number of para-hydroxylation sites is 3. The van der Waals surface area contributed by atoms with Gasteiger partial charge in [0.2, 0.25) is 0 Å². The van der Waals surface area contributed by atoms with Crippen LogP contribution in [0.2, 0.25) is 0 Å². The smallest absolute Gasteiger partial charge is 0.0991 e. The van der Waals surface area contributed by atoms with Crippen LogP contribution < -0.4 is 0 Å². The summed E-state index contributed by atoms with van der Waals surface area (Å²) < 4.78 is 2.26. The number of pyridine rings is 2. The molecular formula is C35H20N4. The number of fused-ring (bicyclic) bond motifs is 7. The second-order valence-electron chi connectivity index (χ2n) is 9.80. The normalized spacial score (nSPS) is 11.6. The van der Waals surface area contributed by atoms with Gasteiger partial charge in [-0.3, -0.25) is 0 Å². The second kappa shape index (κ2) is 8.24. The maximum atomic E-state index is 9.66. The number of nitriles is 1. The van der Waals surface area contributed by atoms with Crippen LogP contribution in [-0.2, 0) is 0 Å². The highest BCUT2D eigenvalue weighted by Crippen LogP contribution is 2.38. The van der Waals surface area contributed by atoms with Crippen LogP contribution in [0.5, 0.6) is 0 Å². The van der Waals surface area contributed by atoms with Gasteiger partial charge in [0.25, 0.3) is 0 Å². The number of nitrogens with zero attached hydrogens (tertiary/aromatic N) is 4. The maximum Gasteiger partial charge on any atom is 0.0991 e. The van der Waals surface area contributed by atoms with Crippen LogP contribution in [0.4, 0.5) is 0 Å². The van der Waals surface area contributed by atoms with E-state index in [1.807, 2.05) is 66.7 Å². The quantitative estimate of drug-likeness (QED) is 0.178. The van der Waals surface area contributed by atoms with Crippen molar-refractivity contribution in [3.63, 3.8) is 0 Å². The second-order valence-corrected chi connectivity index (χ2v) is 9.80. The molecule has 0 saturated carbocycles. The molecule has 0 saturated heterocycles. The van der Waals surface area contributed by atoms with E-state index in [0.717, 1.165) is 71.5 Å². The topological polar surface area (TPSA) is 54.5 Å². The molecule has 39 heavy (non-hydrogen) atoms. The van der Waals surface area contributed by atoms with Gasteiger partial charge in [-0.1, -0.05) is 60.7 Å². The van der Waals surface area contributed by atoms with Gasteiger partial charge in [-0.2, -0.15) is 5.26 Å². The van der Waals surface area contributed by atoms with Crippen molar-refractivity contribution in [3.8, 4) is 23.0 Å². The Bertz CT molecular complexity index is 2290. The highest BCUT2D eigenvalue weighted by molar-refractivity contribution is 6.14. The summed E-state index contributed by atoms with van der Waals surface area (Å²) in [7, 11) is 0. The summed E-state index contributed by atoms with van der Waals surface area (Å²) in [6.45, 7) is 0. The lowest BCUT2D eigenvalue weighted by atomic mass is 10.00. The summed E-state index contributed by atoms with van der Waals surface area (Å²) in [5.41, 5.74) is 8.64. The Morgan fingerprint density at radius 2 is 1.28 bits per heavy atom. The fraction of sp³-hybridized carbons (Fsp3) is 0. The number of rotatable bonds is 2. The fourth-order valence-corrected chi connectivity index (χ4v) is 5.77. The van der Waals surface area contributed by atoms with Crippen LogP contribution >= 0.6 is 0 Å². The van der Waals surface area contributed by atoms with E-state index in [0.29, 0.717) is 5.56 Å². The summed E-state index contributed by atoms with van der Waals surface area (Å²) >= 11 is 0. The van der Waals surface area contributed by atoms with E-state index in [2.05, 4.69) is 65.2 Å². The molecule has 3 aromatic heterocycles. The molecule has 0 bridgehead atoms. The van der Waals surface area contributed by atoms with Crippen LogP contribution in [0.15, 0.2) is 121 Å². The molecule has 0 amide bonds. The van der Waals surface area contributed by atoms with Crippen LogP contribution in [-0.4, -0.2) is 14.5 Å². The summed E-state index contributed by atoms with van der Waals surface area (Å²) in [5, 5.41) is 14.9. The molecular weight excluding hydrogens is 476 g/mol. The number of hydrogen-bond acceptors (Lipinski definition) is 3. The van der Waals surface area contributed by atoms with Gasteiger partial charge in [0.15, 0.2) is 0 Å². The minimum Gasteiger partial charge on any atom is -0.309 e. The van der Waals surface area contributed by atoms with Crippen LogP contribution in [0.25, 0.3) is 71.5 Å². The third-order valence-electron chi connectivity index (χ3n) is 7.55. The molecule has 0 spiro atoms. The predicted octanol–water partition coefficient (Wildman–Crippen LogP) is 8.57. The Morgan fingerprint density at radius 1 is 0.564 bits per heavy atom. The van der Waals surface area contributed by atoms with Crippen molar-refractivity contribution in [3.05, 3.63) is 127 Å². The number of hydrogen-bond donors (Lipinski definition) is 0. The molecule has 0 unspecified atom stereocenters. The summed E-state index contributed by atoms with van der Waals surface area (Å²) in [4.78, 5) is 10.3. The average molecular weight is 497 g/mol. The first kappa shape index (κ1) is 21.5. The molecule has 8 rings (SSSR count). The Morgan fingerprint density at radius 3 is 2.13 bits per heavy atom. The zero-order chi connectivity index (χ0) is 25.9. The molecule has 0 N–H and O–H groups in total. The number of benzene rings is 5. The molecule has 0 aliphatic carbocycles. The molecule has 180 valence electrons. The Labute approximate surface area is 224 Å². The standard InChI is InChI=1S/C35H20N4/c36-21-22-14-16-32-27(18-22)28-20-24(15-17-33(28)39(32)25-9-2-1-3-10-25)34-29-19-23-8-4-6-12-30(23)37-35(29)26-11-5-7-13-31(26)38-34/h1-20H. The highest BCUT2D eigenvalue weighted by atomic mass is 15.0. The summed E-state index contributed by atoms with van der Waals surface area (Å²) in [5.74, 6) is 0. The predicted molar refractivity (Wildman–Crippen MR) is 159 cm³/mol. The molecule has 0 aliphatic rings. The first-order valence-electron chi connectivity index (χ1n) is 12.9. The SMILES string of the molecule is N#Cc1ccc2c(c1)c1cc(-c3nc4ccccc4c4nc5ccccc5cc34)ccc1n2-c1ccccc1. The van der Waals surface area contributed by atoms with Gasteiger partial charge >= 0.3 is 0 Å². The zero-order valence-electron chi connectivity index (χ0n) is 20.8. The van der Waals surface area contributed by atoms with Crippen LogP contribution in [0.3, 0.4) is 0 Å². The zero-order valence-corrected chi connectivity index (χ0v) is 20.8. The molecule has 4 heteroatoms. The van der Waals surface area contributed by atoms with Crippen molar-refractivity contribution >= 4 is 54.5 Å². The lowest BCUT2D eigenvalue weighted by molar-refractivity contribution is 1.18. The third kappa shape index (κ3) is 3.24. The molecule has 0 fully saturated rings. The molecule has 0 atom stereocenters. The Kier molecular flexibility index (Phi) is 4.55. The maximum absolute atomic E-state index is 9.66. The summed E-state index contributed by atoms with van der Waals surface area (Å²) in [6.07, 6.45) is 0. The van der Waals surface area contributed by atoms with E-state index in [1.54, 1.807) is 0 Å². The van der Waals surface area contributed by atoms with Crippen molar-refractivity contribution in [2.24, 2.45) is 0 Å². The van der Waals surface area contributed by atoms with Gasteiger partial charge in [0, 0.05) is 38.2 Å². The van der Waals surface area contributed by atoms with Gasteiger partial charge in [-0.15, -0.1) is 0 Å². The minimum absolute atomic E-state index is 0.643. The van der Waals surface area contributed by atoms with Gasteiger partial charge < -0.3 is 4.57 Å². The average Bonchev–Trinajstić information content (AvgIpc) is 3.33. The van der Waals surface area contributed by atoms with E-state index in [1.165, 1.54) is 0 Å². The van der Waals surface area contributed by atoms with E-state index in [4.69, 9.17) is 9.97 Å². The van der Waals surface area contributed by atoms with Crippen molar-refractivity contribution in [2.75, 3.05) is 0 Å². The van der Waals surface area contributed by atoms with Crippen LogP contribution in [0.1, 0.15) is 5.56 Å². The van der Waals surface area contributed by atoms with E-state index >= 15 is 0 Å². The largest absolute Gasteiger partial charge is 0.309 e. The van der Waals surface area contributed by atoms with Crippen molar-refractivity contribution < 1.29 is 0 Å². The molecule has 4 nitrogen and oxygen atoms in total. The number of aromatic nitrogens is 3. The van der Waals surface area contributed by atoms with Crippen LogP contribution in [0, 0.1) is 11.3 Å². The third-order valence-corrected chi connectivity index (χ3v) is 7.55. The fourth-order valence-electron chi connectivity index (χ4n) is 5.77.